The molecular formula is C27H38N2O6. The van der Waals surface area contributed by atoms with Crippen LogP contribution in [0.25, 0.3) is 0 Å². The molecule has 8 atom stereocenters. The van der Waals surface area contributed by atoms with Crippen molar-refractivity contribution in [2.24, 2.45) is 33.7 Å². The average Bonchev–Trinajstić information content (AvgIpc) is 3.31. The van der Waals surface area contributed by atoms with E-state index in [1.807, 2.05) is 13.0 Å². The molecule has 1 aliphatic heterocycles. The second-order valence-electron chi connectivity index (χ2n) is 12.0. The molecule has 4 fully saturated rings. The van der Waals surface area contributed by atoms with E-state index in [9.17, 15) is 24.9 Å². The van der Waals surface area contributed by atoms with Crippen molar-refractivity contribution in [1.82, 2.24) is 4.90 Å². The molecule has 8 heteroatoms. The minimum atomic E-state index is -1.12. The van der Waals surface area contributed by atoms with Crippen LogP contribution in [0.5, 0.6) is 0 Å². The smallest absolute Gasteiger partial charge is 0.326 e. The predicted octanol–water partition coefficient (Wildman–Crippen LogP) is 2.90. The summed E-state index contributed by atoms with van der Waals surface area (Å²) in [6.07, 6.45) is 11.8. The van der Waals surface area contributed by atoms with E-state index < -0.39 is 29.6 Å². The number of carbonyl (C=O) groups excluding carboxylic acids is 1. The standard InChI is InChI=1S/C27H38N2O6/c1-25-9-6-17(28-35-15-23(31)29-14-18(30)13-22(29)24(32)33)12-16(25)4-5-19-20(25)7-10-26(2)21(19)8-11-27(26,3)34/h6,9,12,18-22,30,34H,4-5,7-8,10-11,13-15H2,1-3H3,(H,32,33)/b28-17-/t18-,19-,20+,21+,22-,25+,26+,27+/m1/s1. The van der Waals surface area contributed by atoms with Crippen LogP contribution in [0.1, 0.15) is 65.7 Å². The van der Waals surface area contributed by atoms with E-state index >= 15 is 0 Å². The van der Waals surface area contributed by atoms with E-state index in [1.54, 1.807) is 0 Å². The highest BCUT2D eigenvalue weighted by Crippen LogP contribution is 2.66. The molecule has 0 aromatic rings. The van der Waals surface area contributed by atoms with Gasteiger partial charge >= 0.3 is 5.97 Å². The highest BCUT2D eigenvalue weighted by molar-refractivity contribution is 6.05. The Labute approximate surface area is 206 Å². The Morgan fingerprint density at radius 2 is 1.91 bits per heavy atom. The Kier molecular flexibility index (Phi) is 5.91. The van der Waals surface area contributed by atoms with E-state index in [2.05, 4.69) is 31.2 Å². The Morgan fingerprint density at radius 3 is 2.66 bits per heavy atom. The first-order valence-electron chi connectivity index (χ1n) is 13.0. The second kappa shape index (κ2) is 8.44. The molecule has 5 aliphatic rings. The number of carboxylic acid groups (broad SMARTS) is 1. The third kappa shape index (κ3) is 3.84. The molecule has 0 unspecified atom stereocenters. The number of nitrogens with zero attached hydrogens (tertiary/aromatic N) is 2. The summed E-state index contributed by atoms with van der Waals surface area (Å²) in [6.45, 7) is 6.30. The molecule has 35 heavy (non-hydrogen) atoms. The van der Waals surface area contributed by atoms with Crippen molar-refractivity contribution in [2.75, 3.05) is 13.2 Å². The molecular weight excluding hydrogens is 448 g/mol. The van der Waals surface area contributed by atoms with Crippen molar-refractivity contribution in [3.8, 4) is 0 Å². The van der Waals surface area contributed by atoms with Gasteiger partial charge in [0.25, 0.3) is 5.91 Å². The first kappa shape index (κ1) is 24.5. The molecule has 1 saturated heterocycles. The molecule has 4 aliphatic carbocycles. The predicted molar refractivity (Wildman–Crippen MR) is 129 cm³/mol. The molecule has 0 aromatic carbocycles. The number of allylic oxidation sites excluding steroid dienone is 4. The number of aliphatic hydroxyl groups excluding tert-OH is 1. The van der Waals surface area contributed by atoms with E-state index in [-0.39, 0.29) is 30.4 Å². The van der Waals surface area contributed by atoms with Crippen molar-refractivity contribution < 1.29 is 29.7 Å². The quantitative estimate of drug-likeness (QED) is 0.526. The van der Waals surface area contributed by atoms with Gasteiger partial charge in [-0.05, 0) is 80.8 Å². The van der Waals surface area contributed by atoms with Gasteiger partial charge in [-0.3, -0.25) is 4.79 Å². The van der Waals surface area contributed by atoms with Gasteiger partial charge in [0.1, 0.15) is 11.8 Å². The zero-order valence-corrected chi connectivity index (χ0v) is 20.9. The summed E-state index contributed by atoms with van der Waals surface area (Å²) in [6, 6.07) is -1.03. The molecule has 0 aromatic heterocycles. The van der Waals surface area contributed by atoms with Crippen LogP contribution in [0.15, 0.2) is 29.0 Å². The summed E-state index contributed by atoms with van der Waals surface area (Å²) in [7, 11) is 0. The number of fused-ring (bicyclic) bond motifs is 5. The van der Waals surface area contributed by atoms with E-state index in [0.717, 1.165) is 43.4 Å². The van der Waals surface area contributed by atoms with Crippen molar-refractivity contribution in [3.05, 3.63) is 23.8 Å². The van der Waals surface area contributed by atoms with Gasteiger partial charge in [-0.2, -0.15) is 0 Å². The van der Waals surface area contributed by atoms with Crippen molar-refractivity contribution in [2.45, 2.75) is 83.5 Å². The number of amides is 1. The summed E-state index contributed by atoms with van der Waals surface area (Å²) < 4.78 is 0. The maximum atomic E-state index is 12.5. The van der Waals surface area contributed by atoms with Gasteiger partial charge in [-0.15, -0.1) is 0 Å². The van der Waals surface area contributed by atoms with E-state index in [0.29, 0.717) is 23.5 Å². The lowest BCUT2D eigenvalue weighted by atomic mass is 9.47. The van der Waals surface area contributed by atoms with Crippen LogP contribution < -0.4 is 0 Å². The topological polar surface area (TPSA) is 120 Å². The largest absolute Gasteiger partial charge is 0.480 e. The molecule has 0 radical (unpaired) electrons. The van der Waals surface area contributed by atoms with Crippen LogP contribution >= 0.6 is 0 Å². The van der Waals surface area contributed by atoms with Crippen LogP contribution in [0.2, 0.25) is 0 Å². The van der Waals surface area contributed by atoms with E-state index in [4.69, 9.17) is 4.84 Å². The summed E-state index contributed by atoms with van der Waals surface area (Å²) >= 11 is 0. The van der Waals surface area contributed by atoms with Gasteiger partial charge in [0.2, 0.25) is 0 Å². The molecule has 5 rings (SSSR count). The number of hydrogen-bond donors (Lipinski definition) is 3. The Balaban J connectivity index is 1.25. The number of carboxylic acids is 1. The Morgan fingerprint density at radius 1 is 1.17 bits per heavy atom. The normalized spacial score (nSPS) is 45.5. The number of rotatable bonds is 4. The molecule has 1 amide bonds. The lowest BCUT2D eigenvalue weighted by Gasteiger charge is -2.58. The molecule has 192 valence electrons. The highest BCUT2D eigenvalue weighted by Gasteiger charge is 2.62. The zero-order chi connectivity index (χ0) is 25.2. The first-order chi connectivity index (χ1) is 16.5. The van der Waals surface area contributed by atoms with Crippen molar-refractivity contribution >= 4 is 17.6 Å². The lowest BCUT2D eigenvalue weighted by molar-refractivity contribution is -0.150. The Bertz CT molecular complexity index is 1000. The summed E-state index contributed by atoms with van der Waals surface area (Å²) in [5, 5.41) is 34.3. The monoisotopic (exact) mass is 486 g/mol. The number of oxime groups is 1. The molecule has 8 nitrogen and oxygen atoms in total. The lowest BCUT2D eigenvalue weighted by Crippen LogP contribution is -2.53. The number of hydrogen-bond acceptors (Lipinski definition) is 6. The minimum absolute atomic E-state index is 0.00214. The van der Waals surface area contributed by atoms with Crippen LogP contribution in [0, 0.1) is 28.6 Å². The fourth-order valence-corrected chi connectivity index (χ4v) is 8.08. The maximum absolute atomic E-state index is 12.5. The zero-order valence-electron chi connectivity index (χ0n) is 20.9. The van der Waals surface area contributed by atoms with Crippen molar-refractivity contribution in [1.29, 1.82) is 0 Å². The first-order valence-corrected chi connectivity index (χ1v) is 13.0. The number of aliphatic hydroxyl groups is 2. The highest BCUT2D eigenvalue weighted by atomic mass is 16.6. The third-order valence-electron chi connectivity index (χ3n) is 10.4. The molecule has 3 N–H and O–H groups in total. The van der Waals surface area contributed by atoms with E-state index in [1.165, 1.54) is 5.57 Å². The van der Waals surface area contributed by atoms with Crippen LogP contribution in [-0.4, -0.2) is 68.7 Å². The van der Waals surface area contributed by atoms with Gasteiger partial charge in [0, 0.05) is 18.4 Å². The van der Waals surface area contributed by atoms with Crippen LogP contribution in [0.4, 0.5) is 0 Å². The van der Waals surface area contributed by atoms with Crippen molar-refractivity contribution in [3.63, 3.8) is 0 Å². The molecule has 1 heterocycles. The van der Waals surface area contributed by atoms with Gasteiger partial charge in [-0.1, -0.05) is 30.7 Å². The molecule has 0 spiro atoms. The maximum Gasteiger partial charge on any atom is 0.326 e. The summed E-state index contributed by atoms with van der Waals surface area (Å²) in [4.78, 5) is 30.3. The number of likely N-dealkylation sites (tertiary alicyclic amines) is 1. The number of β-amino-alcohol motifs (C(OH)–C–C–N with tert-alkyl or cyclic N) is 1. The second-order valence-corrected chi connectivity index (χ2v) is 12.0. The average molecular weight is 487 g/mol. The third-order valence-corrected chi connectivity index (χ3v) is 10.4. The van der Waals surface area contributed by atoms with Crippen LogP contribution in [0.3, 0.4) is 0 Å². The number of aliphatic carboxylic acids is 1. The van der Waals surface area contributed by atoms with Gasteiger partial charge < -0.3 is 25.1 Å². The minimum Gasteiger partial charge on any atom is -0.480 e. The molecule has 0 bridgehead atoms. The fraction of sp³-hybridized carbons (Fsp3) is 0.741. The van der Waals surface area contributed by atoms with Gasteiger partial charge in [0.05, 0.1) is 11.7 Å². The Hall–Kier alpha value is -2.19. The fourth-order valence-electron chi connectivity index (χ4n) is 8.08. The molecule has 3 saturated carbocycles. The number of carbonyl (C=O) groups is 2. The summed E-state index contributed by atoms with van der Waals surface area (Å²) in [5.41, 5.74) is 1.39. The van der Waals surface area contributed by atoms with Gasteiger partial charge in [0.15, 0.2) is 6.61 Å². The SMILES string of the molecule is C[C@]12C=C/C(=N/OCC(=O)N3C[C@H](O)C[C@@H]3C(=O)O)C=C1CC[C@@H]1[C@@H]2CC[C@@]2(C)[C@H]1CC[C@]2(C)O. The summed E-state index contributed by atoms with van der Waals surface area (Å²) in [5.74, 6) is 0.101. The van der Waals surface area contributed by atoms with Crippen LogP contribution in [-0.2, 0) is 14.4 Å². The van der Waals surface area contributed by atoms with Gasteiger partial charge in [-0.25, -0.2) is 4.79 Å².